The number of aromatic nitrogens is 3. The van der Waals surface area contributed by atoms with Crippen molar-refractivity contribution in [3.8, 4) is 0 Å². The van der Waals surface area contributed by atoms with Gasteiger partial charge in [0.05, 0.1) is 0 Å². The number of carbonyl (C=O) groups excluding carboxylic acids is 1. The topological polar surface area (TPSA) is 59.0 Å². The van der Waals surface area contributed by atoms with E-state index >= 15 is 0 Å². The molecule has 6 heteroatoms. The van der Waals surface area contributed by atoms with Crippen LogP contribution in [0.4, 0.5) is 5.95 Å². The van der Waals surface area contributed by atoms with Crippen LogP contribution in [0.3, 0.4) is 0 Å². The van der Waals surface area contributed by atoms with Crippen LogP contribution in [0.5, 0.6) is 0 Å². The largest absolute Gasteiger partial charge is 0.286 e. The van der Waals surface area contributed by atoms with Crippen molar-refractivity contribution in [2.24, 2.45) is 0 Å². The van der Waals surface area contributed by atoms with E-state index < -0.39 is 0 Å². The zero-order valence-electron chi connectivity index (χ0n) is 6.65. The third kappa shape index (κ3) is 1.88. The molecule has 1 rings (SSSR count). The van der Waals surface area contributed by atoms with Gasteiger partial charge in [-0.3, -0.25) is 9.69 Å². The predicted molar refractivity (Wildman–Crippen MR) is 44.0 cm³/mol. The molecule has 0 N–H and O–H groups in total. The Kier molecular flexibility index (Phi) is 2.54. The molecule has 1 aromatic rings. The summed E-state index contributed by atoms with van der Waals surface area (Å²) in [5, 5.41) is 0.0891. The Labute approximate surface area is 74.4 Å². The fourth-order valence-electron chi connectivity index (χ4n) is 0.641. The second kappa shape index (κ2) is 3.44. The van der Waals surface area contributed by atoms with E-state index in [1.165, 1.54) is 11.9 Å². The normalized spacial score (nSPS) is 9.58. The Bertz CT molecular complexity index is 283. The first-order valence-electron chi connectivity index (χ1n) is 3.20. The van der Waals surface area contributed by atoms with Crippen LogP contribution < -0.4 is 4.90 Å². The number of nitrogens with zero attached hydrogens (tertiary/aromatic N) is 4. The van der Waals surface area contributed by atoms with Gasteiger partial charge in [-0.2, -0.15) is 9.97 Å². The minimum atomic E-state index is 0.0891. The summed E-state index contributed by atoms with van der Waals surface area (Å²) in [6, 6.07) is 0. The molecule has 0 aliphatic rings. The van der Waals surface area contributed by atoms with Crippen molar-refractivity contribution in [1.82, 2.24) is 15.0 Å². The van der Waals surface area contributed by atoms with Gasteiger partial charge >= 0.3 is 0 Å². The predicted octanol–water partition coefficient (Wildman–Crippen LogP) is 0.426. The van der Waals surface area contributed by atoms with Crippen molar-refractivity contribution < 1.29 is 4.79 Å². The Hall–Kier alpha value is -1.23. The highest BCUT2D eigenvalue weighted by molar-refractivity contribution is 6.28. The molecule has 5 nitrogen and oxygen atoms in total. The van der Waals surface area contributed by atoms with Gasteiger partial charge in [0, 0.05) is 7.05 Å². The van der Waals surface area contributed by atoms with Crippen molar-refractivity contribution in [2.45, 2.75) is 6.92 Å². The molecule has 0 saturated carbocycles. The van der Waals surface area contributed by atoms with E-state index in [4.69, 9.17) is 11.6 Å². The highest BCUT2D eigenvalue weighted by Crippen LogP contribution is 2.07. The number of hydrogen-bond acceptors (Lipinski definition) is 4. The van der Waals surface area contributed by atoms with E-state index in [9.17, 15) is 4.79 Å². The first-order chi connectivity index (χ1) is 5.63. The van der Waals surface area contributed by atoms with Gasteiger partial charge in [-0.15, -0.1) is 0 Å². The molecule has 1 aromatic heterocycles. The summed E-state index contributed by atoms with van der Waals surface area (Å²) in [5.74, 6) is 0.737. The van der Waals surface area contributed by atoms with Gasteiger partial charge in [0.25, 0.3) is 0 Å². The number of carbonyl (C=O) groups is 1. The van der Waals surface area contributed by atoms with Crippen LogP contribution >= 0.6 is 11.6 Å². The number of aryl methyl sites for hydroxylation is 1. The van der Waals surface area contributed by atoms with Crippen LogP contribution in [0.15, 0.2) is 0 Å². The van der Waals surface area contributed by atoms with E-state index in [-0.39, 0.29) is 11.2 Å². The molecular weight excluding hydrogens is 180 g/mol. The lowest BCUT2D eigenvalue weighted by molar-refractivity contribution is -0.107. The monoisotopic (exact) mass is 186 g/mol. The van der Waals surface area contributed by atoms with Crippen molar-refractivity contribution in [3.63, 3.8) is 0 Å². The van der Waals surface area contributed by atoms with Crippen molar-refractivity contribution in [3.05, 3.63) is 11.1 Å². The van der Waals surface area contributed by atoms with E-state index in [0.29, 0.717) is 12.2 Å². The number of rotatable bonds is 2. The van der Waals surface area contributed by atoms with Crippen molar-refractivity contribution in [1.29, 1.82) is 0 Å². The lowest BCUT2D eigenvalue weighted by Gasteiger charge is -2.07. The van der Waals surface area contributed by atoms with Crippen LogP contribution in [0.1, 0.15) is 5.82 Å². The highest BCUT2D eigenvalue weighted by Gasteiger charge is 2.05. The van der Waals surface area contributed by atoms with Gasteiger partial charge < -0.3 is 0 Å². The quantitative estimate of drug-likeness (QED) is 0.629. The lowest BCUT2D eigenvalue weighted by atomic mass is 10.7. The molecule has 0 fully saturated rings. The maximum atomic E-state index is 10.3. The van der Waals surface area contributed by atoms with Crippen molar-refractivity contribution in [2.75, 3.05) is 11.9 Å². The summed E-state index contributed by atoms with van der Waals surface area (Å²) in [7, 11) is 1.54. The van der Waals surface area contributed by atoms with Crippen LogP contribution in [-0.2, 0) is 4.79 Å². The Morgan fingerprint density at radius 1 is 1.42 bits per heavy atom. The molecule has 0 saturated heterocycles. The number of amides is 1. The minimum Gasteiger partial charge on any atom is -0.286 e. The molecule has 0 aromatic carbocycles. The van der Waals surface area contributed by atoms with Crippen molar-refractivity contribution >= 4 is 24.0 Å². The Morgan fingerprint density at radius 3 is 2.58 bits per heavy atom. The van der Waals surface area contributed by atoms with Gasteiger partial charge in [0.15, 0.2) is 0 Å². The smallest absolute Gasteiger partial charge is 0.236 e. The first-order valence-corrected chi connectivity index (χ1v) is 3.57. The van der Waals surface area contributed by atoms with Crippen LogP contribution in [0.2, 0.25) is 5.28 Å². The summed E-state index contributed by atoms with van der Waals surface area (Å²) in [4.78, 5) is 22.9. The molecule has 0 unspecified atom stereocenters. The van der Waals surface area contributed by atoms with E-state index in [1.54, 1.807) is 6.92 Å². The van der Waals surface area contributed by atoms with E-state index in [2.05, 4.69) is 15.0 Å². The zero-order chi connectivity index (χ0) is 9.14. The Balaban J connectivity index is 3.08. The molecule has 0 radical (unpaired) electrons. The average molecular weight is 187 g/mol. The number of hydrogen-bond donors (Lipinski definition) is 0. The van der Waals surface area contributed by atoms with E-state index in [1.807, 2.05) is 0 Å². The van der Waals surface area contributed by atoms with Gasteiger partial charge in [-0.05, 0) is 18.5 Å². The molecule has 0 aliphatic carbocycles. The fraction of sp³-hybridized carbons (Fsp3) is 0.333. The fourth-order valence-corrected chi connectivity index (χ4v) is 0.839. The first kappa shape index (κ1) is 8.86. The molecule has 0 aliphatic heterocycles. The summed E-state index contributed by atoms with van der Waals surface area (Å²) in [6.07, 6.45) is 0.602. The summed E-state index contributed by atoms with van der Waals surface area (Å²) in [6.45, 7) is 1.68. The number of anilines is 1. The van der Waals surface area contributed by atoms with Crippen LogP contribution in [0.25, 0.3) is 0 Å². The molecule has 1 amide bonds. The standard InChI is InChI=1S/C6H7ClN4O/c1-4-8-5(7)10-6(9-4)11(2)3-12/h3H,1-2H3. The number of halogens is 1. The molecule has 0 bridgehead atoms. The molecule has 64 valence electrons. The summed E-state index contributed by atoms with van der Waals surface area (Å²) < 4.78 is 0. The zero-order valence-corrected chi connectivity index (χ0v) is 7.41. The molecule has 0 atom stereocenters. The summed E-state index contributed by atoms with van der Waals surface area (Å²) >= 11 is 5.55. The SMILES string of the molecule is Cc1nc(Cl)nc(N(C)C=O)n1. The molecule has 12 heavy (non-hydrogen) atoms. The van der Waals surface area contributed by atoms with Gasteiger partial charge in [-0.1, -0.05) is 0 Å². The van der Waals surface area contributed by atoms with Gasteiger partial charge in [-0.25, -0.2) is 4.98 Å². The summed E-state index contributed by atoms with van der Waals surface area (Å²) in [5.41, 5.74) is 0. The highest BCUT2D eigenvalue weighted by atomic mass is 35.5. The van der Waals surface area contributed by atoms with Crippen LogP contribution in [0, 0.1) is 6.92 Å². The third-order valence-corrected chi connectivity index (χ3v) is 1.35. The second-order valence-electron chi connectivity index (χ2n) is 2.17. The van der Waals surface area contributed by atoms with Gasteiger partial charge in [0.1, 0.15) is 5.82 Å². The van der Waals surface area contributed by atoms with E-state index in [0.717, 1.165) is 0 Å². The molecular formula is C6H7ClN4O. The third-order valence-electron chi connectivity index (χ3n) is 1.18. The maximum Gasteiger partial charge on any atom is 0.236 e. The van der Waals surface area contributed by atoms with Gasteiger partial charge in [0.2, 0.25) is 17.6 Å². The average Bonchev–Trinajstić information content (AvgIpc) is 2.01. The molecule has 0 spiro atoms. The van der Waals surface area contributed by atoms with Crippen LogP contribution in [-0.4, -0.2) is 28.4 Å². The molecule has 1 heterocycles. The second-order valence-corrected chi connectivity index (χ2v) is 2.51. The Morgan fingerprint density at radius 2 is 2.08 bits per heavy atom. The minimum absolute atomic E-state index is 0.0891. The lowest BCUT2D eigenvalue weighted by Crippen LogP contribution is -2.17. The maximum absolute atomic E-state index is 10.3.